The van der Waals surface area contributed by atoms with Gasteiger partial charge in [-0.05, 0) is 55.0 Å². The highest BCUT2D eigenvalue weighted by atomic mass is 16.6. The maximum atomic E-state index is 10.8. The summed E-state index contributed by atoms with van der Waals surface area (Å²) in [5, 5.41) is 14.9. The van der Waals surface area contributed by atoms with E-state index in [1.165, 1.54) is 17.7 Å². The van der Waals surface area contributed by atoms with Crippen LogP contribution in [0, 0.1) is 17.0 Å². The molecule has 0 spiro atoms. The van der Waals surface area contributed by atoms with E-state index in [1.807, 2.05) is 55.5 Å². The van der Waals surface area contributed by atoms with Crippen molar-refractivity contribution in [1.82, 2.24) is 0 Å². The van der Waals surface area contributed by atoms with Crippen LogP contribution < -0.4 is 10.2 Å². The van der Waals surface area contributed by atoms with Gasteiger partial charge in [0, 0.05) is 12.1 Å². The van der Waals surface area contributed by atoms with Crippen molar-refractivity contribution in [3.8, 4) is 11.5 Å². The van der Waals surface area contributed by atoms with E-state index in [0.29, 0.717) is 5.69 Å². The SMILES string of the molecule is Cc1ccc(Oc2ccc(C=NNc3cccc([N+](=O)[O-])c3)cc2)cc1. The number of nitrogens with one attached hydrogen (secondary N) is 1. The fourth-order valence-electron chi connectivity index (χ4n) is 2.23. The van der Waals surface area contributed by atoms with Gasteiger partial charge in [0.15, 0.2) is 0 Å². The molecule has 3 aromatic carbocycles. The Morgan fingerprint density at radius 2 is 1.65 bits per heavy atom. The molecule has 1 N–H and O–H groups in total. The zero-order chi connectivity index (χ0) is 18.4. The van der Waals surface area contributed by atoms with Crippen molar-refractivity contribution in [2.24, 2.45) is 5.10 Å². The highest BCUT2D eigenvalue weighted by Crippen LogP contribution is 2.22. The van der Waals surface area contributed by atoms with Gasteiger partial charge in [-0.2, -0.15) is 5.10 Å². The normalized spacial score (nSPS) is 10.7. The molecule has 6 nitrogen and oxygen atoms in total. The number of aryl methyl sites for hydroxylation is 1. The van der Waals surface area contributed by atoms with Gasteiger partial charge in [-0.1, -0.05) is 23.8 Å². The van der Waals surface area contributed by atoms with Crippen LogP contribution >= 0.6 is 0 Å². The second kappa shape index (κ2) is 7.94. The molecule has 0 aromatic heterocycles. The van der Waals surface area contributed by atoms with Crippen LogP contribution in [0.5, 0.6) is 11.5 Å². The molecule has 0 saturated heterocycles. The Labute approximate surface area is 150 Å². The van der Waals surface area contributed by atoms with E-state index in [9.17, 15) is 10.1 Å². The highest BCUT2D eigenvalue weighted by molar-refractivity contribution is 5.80. The first-order chi connectivity index (χ1) is 12.6. The average Bonchev–Trinajstić information content (AvgIpc) is 2.65. The number of non-ortho nitro benzene ring substituents is 1. The summed E-state index contributed by atoms with van der Waals surface area (Å²) in [5.74, 6) is 1.52. The molecule has 130 valence electrons. The fourth-order valence-corrected chi connectivity index (χ4v) is 2.23. The van der Waals surface area contributed by atoms with Crippen LogP contribution in [0.1, 0.15) is 11.1 Å². The van der Waals surface area contributed by atoms with Gasteiger partial charge in [0.2, 0.25) is 0 Å². The molecule has 0 heterocycles. The van der Waals surface area contributed by atoms with Crippen LogP contribution in [-0.2, 0) is 0 Å². The van der Waals surface area contributed by atoms with E-state index in [1.54, 1.807) is 18.3 Å². The van der Waals surface area contributed by atoms with Crippen LogP contribution in [0.15, 0.2) is 77.9 Å². The minimum Gasteiger partial charge on any atom is -0.457 e. The lowest BCUT2D eigenvalue weighted by atomic mass is 10.2. The van der Waals surface area contributed by atoms with E-state index in [4.69, 9.17) is 4.74 Å². The van der Waals surface area contributed by atoms with Crippen LogP contribution in [0.3, 0.4) is 0 Å². The van der Waals surface area contributed by atoms with Crippen molar-refractivity contribution in [1.29, 1.82) is 0 Å². The summed E-state index contributed by atoms with van der Waals surface area (Å²) in [7, 11) is 0. The second-order valence-corrected chi connectivity index (χ2v) is 5.66. The molecule has 0 aliphatic carbocycles. The van der Waals surface area contributed by atoms with E-state index < -0.39 is 4.92 Å². The first-order valence-corrected chi connectivity index (χ1v) is 7.98. The topological polar surface area (TPSA) is 76.8 Å². The molecular weight excluding hydrogens is 330 g/mol. The Morgan fingerprint density at radius 1 is 1.00 bits per heavy atom. The molecule has 0 bridgehead atoms. The number of nitro groups is 1. The zero-order valence-electron chi connectivity index (χ0n) is 14.1. The van der Waals surface area contributed by atoms with Crippen LogP contribution in [0.2, 0.25) is 0 Å². The van der Waals surface area contributed by atoms with Crippen molar-refractivity contribution in [3.05, 3.63) is 94.0 Å². The maximum absolute atomic E-state index is 10.8. The van der Waals surface area contributed by atoms with Crippen molar-refractivity contribution >= 4 is 17.6 Å². The maximum Gasteiger partial charge on any atom is 0.271 e. The number of hydrogen-bond donors (Lipinski definition) is 1. The summed E-state index contributed by atoms with van der Waals surface area (Å²) in [6.45, 7) is 2.03. The number of nitro benzene ring substituents is 1. The molecule has 26 heavy (non-hydrogen) atoms. The molecule has 0 unspecified atom stereocenters. The molecule has 0 amide bonds. The number of ether oxygens (including phenoxy) is 1. The summed E-state index contributed by atoms with van der Waals surface area (Å²) in [5.41, 5.74) is 5.40. The van der Waals surface area contributed by atoms with E-state index >= 15 is 0 Å². The fraction of sp³-hybridized carbons (Fsp3) is 0.0500. The Kier molecular flexibility index (Phi) is 5.24. The van der Waals surface area contributed by atoms with Crippen LogP contribution in [0.25, 0.3) is 0 Å². The summed E-state index contributed by atoms with van der Waals surface area (Å²) >= 11 is 0. The molecule has 3 aromatic rings. The lowest BCUT2D eigenvalue weighted by Crippen LogP contribution is -1.93. The Morgan fingerprint density at radius 3 is 2.31 bits per heavy atom. The van der Waals surface area contributed by atoms with Gasteiger partial charge in [0.05, 0.1) is 16.8 Å². The molecular formula is C20H17N3O3. The largest absolute Gasteiger partial charge is 0.457 e. The highest BCUT2D eigenvalue weighted by Gasteiger charge is 2.04. The Hall–Kier alpha value is -3.67. The number of hydrazone groups is 1. The van der Waals surface area contributed by atoms with Gasteiger partial charge >= 0.3 is 0 Å². The standard InChI is InChI=1S/C20H17N3O3/c1-15-5-9-19(10-6-15)26-20-11-7-16(8-12-20)14-21-22-17-3-2-4-18(13-17)23(24)25/h2-14,22H,1H3. The number of nitrogens with zero attached hydrogens (tertiary/aromatic N) is 2. The molecule has 6 heteroatoms. The van der Waals surface area contributed by atoms with E-state index in [0.717, 1.165) is 17.1 Å². The third-order valence-corrected chi connectivity index (χ3v) is 3.60. The van der Waals surface area contributed by atoms with Crippen molar-refractivity contribution in [2.75, 3.05) is 5.43 Å². The minimum absolute atomic E-state index is 0.0165. The third-order valence-electron chi connectivity index (χ3n) is 3.60. The monoisotopic (exact) mass is 347 g/mol. The molecule has 0 aliphatic rings. The zero-order valence-corrected chi connectivity index (χ0v) is 14.1. The van der Waals surface area contributed by atoms with Gasteiger partial charge in [0.1, 0.15) is 11.5 Å². The van der Waals surface area contributed by atoms with Crippen LogP contribution in [-0.4, -0.2) is 11.1 Å². The average molecular weight is 347 g/mol. The Bertz CT molecular complexity index is 920. The van der Waals surface area contributed by atoms with E-state index in [-0.39, 0.29) is 5.69 Å². The van der Waals surface area contributed by atoms with Crippen LogP contribution in [0.4, 0.5) is 11.4 Å². The summed E-state index contributed by atoms with van der Waals surface area (Å²) in [6.07, 6.45) is 1.63. The number of rotatable bonds is 6. The molecule has 0 atom stereocenters. The smallest absolute Gasteiger partial charge is 0.271 e. The predicted molar refractivity (Wildman–Crippen MR) is 102 cm³/mol. The lowest BCUT2D eigenvalue weighted by molar-refractivity contribution is -0.384. The Balaban J connectivity index is 1.60. The molecule has 0 fully saturated rings. The van der Waals surface area contributed by atoms with Crippen molar-refractivity contribution in [2.45, 2.75) is 6.92 Å². The second-order valence-electron chi connectivity index (χ2n) is 5.66. The van der Waals surface area contributed by atoms with Gasteiger partial charge in [-0.3, -0.25) is 15.5 Å². The first kappa shape index (κ1) is 17.2. The quantitative estimate of drug-likeness (QED) is 0.380. The third kappa shape index (κ3) is 4.67. The summed E-state index contributed by atoms with van der Waals surface area (Å²) in [4.78, 5) is 10.3. The van der Waals surface area contributed by atoms with Gasteiger partial charge in [-0.15, -0.1) is 0 Å². The summed E-state index contributed by atoms with van der Waals surface area (Å²) < 4.78 is 5.77. The first-order valence-electron chi connectivity index (χ1n) is 7.98. The van der Waals surface area contributed by atoms with E-state index in [2.05, 4.69) is 10.5 Å². The molecule has 0 aliphatic heterocycles. The van der Waals surface area contributed by atoms with Gasteiger partial charge < -0.3 is 4.74 Å². The number of anilines is 1. The summed E-state index contributed by atoms with van der Waals surface area (Å²) in [6, 6.07) is 21.5. The lowest BCUT2D eigenvalue weighted by Gasteiger charge is -2.06. The molecule has 3 rings (SSSR count). The molecule has 0 radical (unpaired) electrons. The van der Waals surface area contributed by atoms with Crippen molar-refractivity contribution in [3.63, 3.8) is 0 Å². The number of hydrogen-bond acceptors (Lipinski definition) is 5. The minimum atomic E-state index is -0.443. The van der Waals surface area contributed by atoms with Crippen molar-refractivity contribution < 1.29 is 9.66 Å². The van der Waals surface area contributed by atoms with Gasteiger partial charge in [-0.25, -0.2) is 0 Å². The predicted octanol–water partition coefficient (Wildman–Crippen LogP) is 5.14. The van der Waals surface area contributed by atoms with Gasteiger partial charge in [0.25, 0.3) is 5.69 Å². The number of benzene rings is 3. The molecule has 0 saturated carbocycles.